The highest BCUT2D eigenvalue weighted by atomic mass is 19.1. The standard InChI is InChI=1S/C22H17F2NO3/c1-2-25-21(26)19-11-13(15-10-8-14(23)12-20(15)24)7-9-17(19)16-5-3-4-6-18(16)22(27)28/h3-12H,2H2,1H3,(H,25,26)(H,27,28). The zero-order valence-corrected chi connectivity index (χ0v) is 15.0. The third kappa shape index (κ3) is 3.76. The number of carboxylic acid groups (broad SMARTS) is 1. The Bertz CT molecular complexity index is 1060. The molecule has 2 N–H and O–H groups in total. The summed E-state index contributed by atoms with van der Waals surface area (Å²) in [4.78, 5) is 24.2. The van der Waals surface area contributed by atoms with Crippen molar-refractivity contribution in [3.8, 4) is 22.3 Å². The Morgan fingerprint density at radius 1 is 0.893 bits per heavy atom. The molecule has 0 aromatic heterocycles. The molecule has 6 heteroatoms. The lowest BCUT2D eigenvalue weighted by atomic mass is 9.91. The molecule has 0 saturated heterocycles. The molecule has 0 unspecified atom stereocenters. The summed E-state index contributed by atoms with van der Waals surface area (Å²) in [7, 11) is 0. The maximum absolute atomic E-state index is 14.2. The SMILES string of the molecule is CCNC(=O)c1cc(-c2ccc(F)cc2F)ccc1-c1ccccc1C(=O)O. The summed E-state index contributed by atoms with van der Waals surface area (Å²) in [6, 6.07) is 14.2. The highest BCUT2D eigenvalue weighted by molar-refractivity contribution is 6.05. The van der Waals surface area contributed by atoms with E-state index in [-0.39, 0.29) is 16.7 Å². The Morgan fingerprint density at radius 3 is 2.25 bits per heavy atom. The summed E-state index contributed by atoms with van der Waals surface area (Å²) in [5, 5.41) is 12.2. The third-order valence-electron chi connectivity index (χ3n) is 4.29. The van der Waals surface area contributed by atoms with Crippen LogP contribution < -0.4 is 5.32 Å². The van der Waals surface area contributed by atoms with Gasteiger partial charge in [-0.1, -0.05) is 30.3 Å². The first-order chi connectivity index (χ1) is 13.4. The molecule has 0 atom stereocenters. The number of carbonyl (C=O) groups is 2. The summed E-state index contributed by atoms with van der Waals surface area (Å²) in [6.07, 6.45) is 0. The van der Waals surface area contributed by atoms with Gasteiger partial charge in [-0.3, -0.25) is 4.79 Å². The van der Waals surface area contributed by atoms with Gasteiger partial charge in [-0.05, 0) is 47.9 Å². The number of benzene rings is 3. The molecular weight excluding hydrogens is 364 g/mol. The number of nitrogens with one attached hydrogen (secondary N) is 1. The van der Waals surface area contributed by atoms with Crippen molar-refractivity contribution in [2.45, 2.75) is 6.92 Å². The summed E-state index contributed by atoms with van der Waals surface area (Å²) in [6.45, 7) is 2.13. The Balaban J connectivity index is 2.22. The van der Waals surface area contributed by atoms with Crippen LogP contribution in [0, 0.1) is 11.6 Å². The highest BCUT2D eigenvalue weighted by Gasteiger charge is 2.19. The van der Waals surface area contributed by atoms with Gasteiger partial charge in [0.05, 0.1) is 5.56 Å². The topological polar surface area (TPSA) is 66.4 Å². The van der Waals surface area contributed by atoms with Crippen LogP contribution in [-0.4, -0.2) is 23.5 Å². The van der Waals surface area contributed by atoms with E-state index in [1.54, 1.807) is 37.3 Å². The highest BCUT2D eigenvalue weighted by Crippen LogP contribution is 2.32. The molecule has 0 bridgehead atoms. The molecule has 0 saturated carbocycles. The predicted molar refractivity (Wildman–Crippen MR) is 102 cm³/mol. The first kappa shape index (κ1) is 19.2. The van der Waals surface area contributed by atoms with Gasteiger partial charge in [0.25, 0.3) is 5.91 Å². The van der Waals surface area contributed by atoms with Gasteiger partial charge in [-0.2, -0.15) is 0 Å². The molecule has 4 nitrogen and oxygen atoms in total. The number of amides is 1. The lowest BCUT2D eigenvalue weighted by Crippen LogP contribution is -2.23. The van der Waals surface area contributed by atoms with Gasteiger partial charge in [0.2, 0.25) is 0 Å². The number of hydrogen-bond acceptors (Lipinski definition) is 2. The van der Waals surface area contributed by atoms with E-state index in [1.165, 1.54) is 18.2 Å². The van der Waals surface area contributed by atoms with Crippen LogP contribution >= 0.6 is 0 Å². The molecule has 3 aromatic rings. The minimum atomic E-state index is -1.12. The third-order valence-corrected chi connectivity index (χ3v) is 4.29. The molecule has 0 aliphatic rings. The summed E-state index contributed by atoms with van der Waals surface area (Å²) in [5.41, 5.74) is 1.57. The van der Waals surface area contributed by atoms with Crippen LogP contribution in [0.3, 0.4) is 0 Å². The maximum Gasteiger partial charge on any atom is 0.336 e. The lowest BCUT2D eigenvalue weighted by Gasteiger charge is -2.14. The summed E-state index contributed by atoms with van der Waals surface area (Å²) < 4.78 is 27.4. The molecular formula is C22H17F2NO3. The fraction of sp³-hybridized carbons (Fsp3) is 0.0909. The van der Waals surface area contributed by atoms with Gasteiger partial charge >= 0.3 is 5.97 Å². The van der Waals surface area contributed by atoms with Crippen LogP contribution in [-0.2, 0) is 0 Å². The predicted octanol–water partition coefficient (Wildman–Crippen LogP) is 4.75. The molecule has 0 radical (unpaired) electrons. The number of rotatable bonds is 5. The molecule has 3 aromatic carbocycles. The van der Waals surface area contributed by atoms with E-state index >= 15 is 0 Å². The van der Waals surface area contributed by atoms with E-state index < -0.39 is 23.5 Å². The lowest BCUT2D eigenvalue weighted by molar-refractivity contribution is 0.0697. The monoisotopic (exact) mass is 381 g/mol. The van der Waals surface area contributed by atoms with E-state index in [0.29, 0.717) is 23.2 Å². The van der Waals surface area contributed by atoms with E-state index in [1.807, 2.05) is 0 Å². The fourth-order valence-electron chi connectivity index (χ4n) is 3.02. The van der Waals surface area contributed by atoms with Crippen molar-refractivity contribution in [2.75, 3.05) is 6.54 Å². The number of halogens is 2. The summed E-state index contributed by atoms with van der Waals surface area (Å²) in [5.74, 6) is -2.98. The van der Waals surface area contributed by atoms with Crippen molar-refractivity contribution in [1.29, 1.82) is 0 Å². The number of carboxylic acids is 1. The van der Waals surface area contributed by atoms with Gasteiger partial charge in [-0.25, -0.2) is 13.6 Å². The zero-order valence-electron chi connectivity index (χ0n) is 15.0. The quantitative estimate of drug-likeness (QED) is 0.670. The van der Waals surface area contributed by atoms with E-state index in [0.717, 1.165) is 12.1 Å². The Kier molecular flexibility index (Phi) is 5.49. The Hall–Kier alpha value is -3.54. The van der Waals surface area contributed by atoms with Gasteiger partial charge < -0.3 is 10.4 Å². The molecule has 0 aliphatic carbocycles. The molecule has 28 heavy (non-hydrogen) atoms. The zero-order chi connectivity index (χ0) is 20.3. The van der Waals surface area contributed by atoms with Crippen molar-refractivity contribution in [3.63, 3.8) is 0 Å². The second kappa shape index (κ2) is 8.00. The van der Waals surface area contributed by atoms with Crippen molar-refractivity contribution < 1.29 is 23.5 Å². The smallest absolute Gasteiger partial charge is 0.336 e. The number of hydrogen-bond donors (Lipinski definition) is 2. The molecule has 0 fully saturated rings. The van der Waals surface area contributed by atoms with Crippen molar-refractivity contribution in [3.05, 3.63) is 83.4 Å². The number of carbonyl (C=O) groups excluding carboxylic acids is 1. The Morgan fingerprint density at radius 2 is 1.57 bits per heavy atom. The molecule has 0 heterocycles. The average Bonchev–Trinajstić information content (AvgIpc) is 2.68. The van der Waals surface area contributed by atoms with Crippen LogP contribution in [0.4, 0.5) is 8.78 Å². The second-order valence-electron chi connectivity index (χ2n) is 6.09. The molecule has 3 rings (SSSR count). The van der Waals surface area contributed by atoms with Crippen molar-refractivity contribution >= 4 is 11.9 Å². The van der Waals surface area contributed by atoms with Crippen LogP contribution in [0.5, 0.6) is 0 Å². The molecule has 142 valence electrons. The number of aromatic carboxylic acids is 1. The first-order valence-corrected chi connectivity index (χ1v) is 8.62. The molecule has 1 amide bonds. The molecule has 0 aliphatic heterocycles. The van der Waals surface area contributed by atoms with Gasteiger partial charge in [0, 0.05) is 23.7 Å². The van der Waals surface area contributed by atoms with E-state index in [9.17, 15) is 23.5 Å². The molecule has 0 spiro atoms. The largest absolute Gasteiger partial charge is 0.478 e. The second-order valence-corrected chi connectivity index (χ2v) is 6.09. The summed E-state index contributed by atoms with van der Waals surface area (Å²) >= 11 is 0. The first-order valence-electron chi connectivity index (χ1n) is 8.62. The van der Waals surface area contributed by atoms with Crippen LogP contribution in [0.2, 0.25) is 0 Å². The van der Waals surface area contributed by atoms with E-state index in [2.05, 4.69) is 5.32 Å². The minimum absolute atomic E-state index is 0.0498. The van der Waals surface area contributed by atoms with E-state index in [4.69, 9.17) is 0 Å². The Labute approximate surface area is 160 Å². The fourth-order valence-corrected chi connectivity index (χ4v) is 3.02. The average molecular weight is 381 g/mol. The van der Waals surface area contributed by atoms with Gasteiger partial charge in [0.1, 0.15) is 11.6 Å². The van der Waals surface area contributed by atoms with Crippen molar-refractivity contribution in [2.24, 2.45) is 0 Å². The maximum atomic E-state index is 14.2. The van der Waals surface area contributed by atoms with Crippen LogP contribution in [0.1, 0.15) is 27.6 Å². The van der Waals surface area contributed by atoms with Gasteiger partial charge in [-0.15, -0.1) is 0 Å². The van der Waals surface area contributed by atoms with Crippen LogP contribution in [0.25, 0.3) is 22.3 Å². The van der Waals surface area contributed by atoms with Crippen molar-refractivity contribution in [1.82, 2.24) is 5.32 Å². The minimum Gasteiger partial charge on any atom is -0.478 e. The van der Waals surface area contributed by atoms with Crippen LogP contribution in [0.15, 0.2) is 60.7 Å². The van der Waals surface area contributed by atoms with Gasteiger partial charge in [0.15, 0.2) is 0 Å². The normalized spacial score (nSPS) is 10.5.